The second-order valence-electron chi connectivity index (χ2n) is 6.82. The Morgan fingerprint density at radius 1 is 0.704 bits per heavy atom. The lowest BCUT2D eigenvalue weighted by atomic mass is 9.84. The van der Waals surface area contributed by atoms with Gasteiger partial charge in [-0.2, -0.15) is 0 Å². The SMILES string of the molecule is CCCC(CCO)SC(c1ccccc1)(c1ccccc1)c1ccccc1. The van der Waals surface area contributed by atoms with Crippen LogP contribution in [0.1, 0.15) is 42.9 Å². The van der Waals surface area contributed by atoms with Gasteiger partial charge in [0.15, 0.2) is 0 Å². The van der Waals surface area contributed by atoms with Crippen LogP contribution in [0.4, 0.5) is 0 Å². The standard InChI is InChI=1S/C25H28OS/c1-2-12-24(19-20-26)27-25(21-13-6-3-7-14-21,22-15-8-4-9-16-22)23-17-10-5-11-18-23/h3-11,13-18,24,26H,2,12,19-20H2,1H3. The van der Waals surface area contributed by atoms with E-state index in [0.717, 1.165) is 19.3 Å². The summed E-state index contributed by atoms with van der Waals surface area (Å²) in [6.45, 7) is 2.45. The molecule has 0 aliphatic carbocycles. The van der Waals surface area contributed by atoms with Gasteiger partial charge in [0.2, 0.25) is 0 Å². The van der Waals surface area contributed by atoms with Gasteiger partial charge in [-0.3, -0.25) is 0 Å². The van der Waals surface area contributed by atoms with E-state index in [4.69, 9.17) is 0 Å². The molecule has 0 saturated heterocycles. The number of benzene rings is 3. The van der Waals surface area contributed by atoms with Crippen molar-refractivity contribution in [1.29, 1.82) is 0 Å². The van der Waals surface area contributed by atoms with Gasteiger partial charge in [-0.15, -0.1) is 11.8 Å². The lowest BCUT2D eigenvalue weighted by Crippen LogP contribution is -2.29. The normalized spacial score (nSPS) is 12.7. The first-order chi connectivity index (χ1) is 13.3. The summed E-state index contributed by atoms with van der Waals surface area (Å²) in [5, 5.41) is 10.0. The van der Waals surface area contributed by atoms with Crippen molar-refractivity contribution < 1.29 is 5.11 Å². The molecular weight excluding hydrogens is 348 g/mol. The van der Waals surface area contributed by atoms with Crippen LogP contribution in [0.3, 0.4) is 0 Å². The predicted molar refractivity (Wildman–Crippen MR) is 117 cm³/mol. The van der Waals surface area contributed by atoms with E-state index >= 15 is 0 Å². The highest BCUT2D eigenvalue weighted by atomic mass is 32.2. The molecule has 3 aromatic rings. The zero-order chi connectivity index (χ0) is 19.0. The van der Waals surface area contributed by atoms with E-state index in [-0.39, 0.29) is 11.4 Å². The minimum Gasteiger partial charge on any atom is -0.396 e. The van der Waals surface area contributed by atoms with E-state index in [1.807, 2.05) is 11.8 Å². The summed E-state index contributed by atoms with van der Waals surface area (Å²) >= 11 is 1.99. The maximum Gasteiger partial charge on any atom is 0.0909 e. The molecule has 0 saturated carbocycles. The molecule has 0 bridgehead atoms. The van der Waals surface area contributed by atoms with Crippen LogP contribution in [0.2, 0.25) is 0 Å². The van der Waals surface area contributed by atoms with Crippen LogP contribution in [0.15, 0.2) is 91.0 Å². The van der Waals surface area contributed by atoms with Crippen LogP contribution >= 0.6 is 11.8 Å². The lowest BCUT2D eigenvalue weighted by Gasteiger charge is -2.38. The van der Waals surface area contributed by atoms with Gasteiger partial charge < -0.3 is 5.11 Å². The van der Waals surface area contributed by atoms with Crippen LogP contribution < -0.4 is 0 Å². The van der Waals surface area contributed by atoms with Crippen molar-refractivity contribution in [3.05, 3.63) is 108 Å². The Kier molecular flexibility index (Phi) is 7.14. The van der Waals surface area contributed by atoms with Crippen molar-refractivity contribution >= 4 is 11.8 Å². The molecule has 3 aromatic carbocycles. The maximum absolute atomic E-state index is 9.66. The summed E-state index contributed by atoms with van der Waals surface area (Å²) in [7, 11) is 0. The molecule has 3 rings (SSSR count). The minimum atomic E-state index is -0.293. The van der Waals surface area contributed by atoms with Crippen LogP contribution in [-0.4, -0.2) is 17.0 Å². The molecule has 140 valence electrons. The molecule has 0 fully saturated rings. The zero-order valence-electron chi connectivity index (χ0n) is 15.9. The number of hydrogen-bond donors (Lipinski definition) is 1. The molecule has 0 aliphatic rings. The van der Waals surface area contributed by atoms with Crippen LogP contribution in [-0.2, 0) is 4.75 Å². The summed E-state index contributed by atoms with van der Waals surface area (Å²) in [6.07, 6.45) is 3.03. The summed E-state index contributed by atoms with van der Waals surface area (Å²) in [6, 6.07) is 32.3. The fourth-order valence-corrected chi connectivity index (χ4v) is 5.59. The highest BCUT2D eigenvalue weighted by molar-refractivity contribution is 8.01. The third-order valence-electron chi connectivity index (χ3n) is 4.95. The second-order valence-corrected chi connectivity index (χ2v) is 8.33. The van der Waals surface area contributed by atoms with Gasteiger partial charge in [-0.25, -0.2) is 0 Å². The van der Waals surface area contributed by atoms with Gasteiger partial charge in [-0.05, 0) is 29.5 Å². The van der Waals surface area contributed by atoms with Crippen molar-refractivity contribution in [3.63, 3.8) is 0 Å². The molecule has 1 unspecified atom stereocenters. The smallest absolute Gasteiger partial charge is 0.0909 e. The highest BCUT2D eigenvalue weighted by Gasteiger charge is 2.38. The molecule has 0 radical (unpaired) electrons. The van der Waals surface area contributed by atoms with Crippen LogP contribution in [0.25, 0.3) is 0 Å². The first-order valence-corrected chi connectivity index (χ1v) is 10.6. The molecular formula is C25H28OS. The minimum absolute atomic E-state index is 0.228. The molecule has 0 amide bonds. The molecule has 0 spiro atoms. The van der Waals surface area contributed by atoms with Gasteiger partial charge in [-0.1, -0.05) is 104 Å². The van der Waals surface area contributed by atoms with Gasteiger partial charge in [0, 0.05) is 11.9 Å². The Bertz CT molecular complexity index is 684. The lowest BCUT2D eigenvalue weighted by molar-refractivity contribution is 0.285. The van der Waals surface area contributed by atoms with Crippen molar-refractivity contribution in [1.82, 2.24) is 0 Å². The molecule has 27 heavy (non-hydrogen) atoms. The topological polar surface area (TPSA) is 20.2 Å². The van der Waals surface area contributed by atoms with E-state index in [2.05, 4.69) is 97.9 Å². The molecule has 1 nitrogen and oxygen atoms in total. The van der Waals surface area contributed by atoms with Gasteiger partial charge >= 0.3 is 0 Å². The van der Waals surface area contributed by atoms with E-state index in [9.17, 15) is 5.11 Å². The Labute approximate surface area is 167 Å². The number of aliphatic hydroxyl groups excluding tert-OH is 1. The monoisotopic (exact) mass is 376 g/mol. The third kappa shape index (κ3) is 4.45. The van der Waals surface area contributed by atoms with E-state index < -0.39 is 0 Å². The first-order valence-electron chi connectivity index (χ1n) is 9.76. The summed E-state index contributed by atoms with van der Waals surface area (Å²) in [5.41, 5.74) is 3.85. The van der Waals surface area contributed by atoms with E-state index in [0.29, 0.717) is 5.25 Å². The van der Waals surface area contributed by atoms with Gasteiger partial charge in [0.05, 0.1) is 4.75 Å². The van der Waals surface area contributed by atoms with Crippen LogP contribution in [0.5, 0.6) is 0 Å². The van der Waals surface area contributed by atoms with Crippen LogP contribution in [0, 0.1) is 0 Å². The van der Waals surface area contributed by atoms with E-state index in [1.165, 1.54) is 16.7 Å². The van der Waals surface area contributed by atoms with Crippen molar-refractivity contribution in [2.45, 2.75) is 36.2 Å². The molecule has 1 atom stereocenters. The number of hydrogen-bond acceptors (Lipinski definition) is 2. The summed E-state index contributed by atoms with van der Waals surface area (Å²) < 4.78 is -0.293. The fourth-order valence-electron chi connectivity index (χ4n) is 3.70. The fraction of sp³-hybridized carbons (Fsp3) is 0.280. The highest BCUT2D eigenvalue weighted by Crippen LogP contribution is 2.51. The molecule has 2 heteroatoms. The Morgan fingerprint density at radius 2 is 1.11 bits per heavy atom. The van der Waals surface area contributed by atoms with Crippen molar-refractivity contribution in [3.8, 4) is 0 Å². The summed E-state index contributed by atoms with van der Waals surface area (Å²) in [5.74, 6) is 0. The second kappa shape index (κ2) is 9.77. The average Bonchev–Trinajstić information content (AvgIpc) is 2.74. The Morgan fingerprint density at radius 3 is 1.44 bits per heavy atom. The molecule has 0 aromatic heterocycles. The third-order valence-corrected chi connectivity index (χ3v) is 6.81. The average molecular weight is 377 g/mol. The predicted octanol–water partition coefficient (Wildman–Crippen LogP) is 6.26. The Hall–Kier alpha value is -2.03. The van der Waals surface area contributed by atoms with Crippen molar-refractivity contribution in [2.24, 2.45) is 0 Å². The first kappa shape index (κ1) is 19.7. The van der Waals surface area contributed by atoms with Gasteiger partial charge in [0.1, 0.15) is 0 Å². The largest absolute Gasteiger partial charge is 0.396 e. The van der Waals surface area contributed by atoms with Gasteiger partial charge in [0.25, 0.3) is 0 Å². The molecule has 0 aliphatic heterocycles. The summed E-state index contributed by atoms with van der Waals surface area (Å²) in [4.78, 5) is 0. The number of rotatable bonds is 9. The van der Waals surface area contributed by atoms with E-state index in [1.54, 1.807) is 0 Å². The Balaban J connectivity index is 2.22. The number of aliphatic hydroxyl groups is 1. The maximum atomic E-state index is 9.66. The molecule has 0 heterocycles. The quantitative estimate of drug-likeness (QED) is 0.445. The zero-order valence-corrected chi connectivity index (χ0v) is 16.7. The molecule has 1 N–H and O–H groups in total. The van der Waals surface area contributed by atoms with Crippen molar-refractivity contribution in [2.75, 3.05) is 6.61 Å². The number of thioether (sulfide) groups is 1.